The molecule has 0 aliphatic heterocycles. The number of halogens is 1. The first-order valence-corrected chi connectivity index (χ1v) is 6.67. The van der Waals surface area contributed by atoms with Crippen molar-refractivity contribution in [2.75, 3.05) is 5.43 Å². The first kappa shape index (κ1) is 14.7. The highest BCUT2D eigenvalue weighted by atomic mass is 35.5. The van der Waals surface area contributed by atoms with E-state index in [0.717, 1.165) is 16.5 Å². The maximum atomic E-state index is 9.74. The van der Waals surface area contributed by atoms with Gasteiger partial charge in [-0.3, -0.25) is 5.43 Å². The summed E-state index contributed by atoms with van der Waals surface area (Å²) in [6.07, 6.45) is 0.471. The Kier molecular flexibility index (Phi) is 4.20. The minimum atomic E-state index is -0.789. The van der Waals surface area contributed by atoms with E-state index in [1.54, 1.807) is 13.8 Å². The number of rotatable bonds is 4. The van der Waals surface area contributed by atoms with E-state index in [1.165, 1.54) is 0 Å². The van der Waals surface area contributed by atoms with Crippen LogP contribution in [0, 0.1) is 0 Å². The predicted molar refractivity (Wildman–Crippen MR) is 82.2 cm³/mol. The highest BCUT2D eigenvalue weighted by Gasteiger charge is 2.14. The van der Waals surface area contributed by atoms with E-state index in [9.17, 15) is 5.11 Å². The number of nitrogens with zero attached hydrogens (tertiary/aromatic N) is 3. The molecule has 0 aliphatic rings. The number of anilines is 1. The summed E-state index contributed by atoms with van der Waals surface area (Å²) in [5.74, 6) is 0.542. The van der Waals surface area contributed by atoms with E-state index >= 15 is 0 Å². The number of nitrogens with one attached hydrogen (secondary N) is 1. The van der Waals surface area contributed by atoms with Gasteiger partial charge >= 0.3 is 0 Å². The van der Waals surface area contributed by atoms with E-state index in [1.807, 2.05) is 31.2 Å². The zero-order valence-corrected chi connectivity index (χ0v) is 12.4. The number of hydrazone groups is 1. The molecule has 20 heavy (non-hydrogen) atoms. The minimum absolute atomic E-state index is 0.364. The monoisotopic (exact) mass is 292 g/mol. The van der Waals surface area contributed by atoms with Gasteiger partial charge in [-0.15, -0.1) is 10.2 Å². The quantitative estimate of drug-likeness (QED) is 0.670. The van der Waals surface area contributed by atoms with Crippen LogP contribution in [-0.2, 0) is 0 Å². The van der Waals surface area contributed by atoms with E-state index < -0.39 is 5.60 Å². The van der Waals surface area contributed by atoms with Crippen LogP contribution >= 0.6 is 11.6 Å². The first-order chi connectivity index (χ1) is 9.37. The molecule has 0 radical (unpaired) electrons. The van der Waals surface area contributed by atoms with Crippen LogP contribution in [0.3, 0.4) is 0 Å². The van der Waals surface area contributed by atoms with Crippen LogP contribution in [0.25, 0.3) is 10.8 Å². The molecule has 6 heteroatoms. The Morgan fingerprint density at radius 1 is 1.30 bits per heavy atom. The van der Waals surface area contributed by atoms with E-state index in [0.29, 0.717) is 17.4 Å². The largest absolute Gasteiger partial charge is 0.390 e. The fourth-order valence-corrected chi connectivity index (χ4v) is 2.17. The summed E-state index contributed by atoms with van der Waals surface area (Å²) in [5, 5.41) is 23.9. The summed E-state index contributed by atoms with van der Waals surface area (Å²) in [7, 11) is 0. The van der Waals surface area contributed by atoms with E-state index in [2.05, 4.69) is 20.7 Å². The molecule has 2 rings (SSSR count). The van der Waals surface area contributed by atoms with Crippen molar-refractivity contribution in [1.29, 1.82) is 0 Å². The zero-order chi connectivity index (χ0) is 14.8. The molecule has 2 N–H and O–H groups in total. The van der Waals surface area contributed by atoms with Gasteiger partial charge in [0.2, 0.25) is 0 Å². The summed E-state index contributed by atoms with van der Waals surface area (Å²) in [4.78, 5) is 0. The Morgan fingerprint density at radius 2 is 1.95 bits per heavy atom. The van der Waals surface area contributed by atoms with Crippen molar-refractivity contribution in [2.24, 2.45) is 5.10 Å². The SMILES string of the molecule is C/C(CC(C)(C)O)=N\Nc1nnc(Cl)c2ccccc12. The molecular weight excluding hydrogens is 276 g/mol. The van der Waals surface area contributed by atoms with Crippen molar-refractivity contribution in [3.8, 4) is 0 Å². The highest BCUT2D eigenvalue weighted by Crippen LogP contribution is 2.25. The number of benzene rings is 1. The van der Waals surface area contributed by atoms with Gasteiger partial charge in [0.15, 0.2) is 11.0 Å². The first-order valence-electron chi connectivity index (χ1n) is 6.29. The second-order valence-electron chi connectivity index (χ2n) is 5.33. The topological polar surface area (TPSA) is 70.4 Å². The lowest BCUT2D eigenvalue weighted by Crippen LogP contribution is -2.22. The number of hydrogen-bond acceptors (Lipinski definition) is 5. The molecule has 1 heterocycles. The number of hydrogen-bond donors (Lipinski definition) is 2. The lowest BCUT2D eigenvalue weighted by molar-refractivity contribution is 0.0885. The summed E-state index contributed by atoms with van der Waals surface area (Å²) >= 11 is 6.01. The van der Waals surface area contributed by atoms with Gasteiger partial charge in [-0.2, -0.15) is 5.10 Å². The Hall–Kier alpha value is -1.72. The van der Waals surface area contributed by atoms with Crippen LogP contribution in [0.2, 0.25) is 5.15 Å². The van der Waals surface area contributed by atoms with Crippen LogP contribution in [0.1, 0.15) is 27.2 Å². The van der Waals surface area contributed by atoms with Crippen LogP contribution in [0.5, 0.6) is 0 Å². The Labute approximate surface area is 122 Å². The smallest absolute Gasteiger partial charge is 0.176 e. The van der Waals surface area contributed by atoms with Crippen LogP contribution in [0.4, 0.5) is 5.82 Å². The van der Waals surface area contributed by atoms with Crippen LogP contribution in [0.15, 0.2) is 29.4 Å². The molecule has 0 aliphatic carbocycles. The maximum absolute atomic E-state index is 9.74. The number of aliphatic hydroxyl groups is 1. The highest BCUT2D eigenvalue weighted by molar-refractivity contribution is 6.34. The molecule has 0 bridgehead atoms. The summed E-state index contributed by atoms with van der Waals surface area (Å²) in [6.45, 7) is 5.32. The summed E-state index contributed by atoms with van der Waals surface area (Å²) in [6, 6.07) is 7.57. The average molecular weight is 293 g/mol. The lowest BCUT2D eigenvalue weighted by atomic mass is 10.0. The van der Waals surface area contributed by atoms with Crippen LogP contribution in [-0.4, -0.2) is 26.6 Å². The van der Waals surface area contributed by atoms with Gasteiger partial charge in [0, 0.05) is 22.9 Å². The molecule has 0 saturated heterocycles. The third kappa shape index (κ3) is 3.65. The van der Waals surface area contributed by atoms with Crippen molar-refractivity contribution in [3.05, 3.63) is 29.4 Å². The molecule has 1 aromatic carbocycles. The normalized spacial score (nSPS) is 12.8. The lowest BCUT2D eigenvalue weighted by Gasteiger charge is -2.16. The Bertz CT molecular complexity index is 649. The van der Waals surface area contributed by atoms with Gasteiger partial charge in [0.25, 0.3) is 0 Å². The van der Waals surface area contributed by atoms with Crippen molar-refractivity contribution < 1.29 is 5.11 Å². The van der Waals surface area contributed by atoms with Crippen molar-refractivity contribution in [3.63, 3.8) is 0 Å². The molecule has 0 unspecified atom stereocenters. The fraction of sp³-hybridized carbons (Fsp3) is 0.357. The standard InChI is InChI=1S/C14H17ClN4O/c1-9(8-14(2,3)20)16-18-13-11-7-5-4-6-10(11)12(15)17-19-13/h4-7,20H,8H2,1-3H3,(H,18,19)/b16-9+. The van der Waals surface area contributed by atoms with Crippen molar-refractivity contribution >= 4 is 33.9 Å². The van der Waals surface area contributed by atoms with Crippen molar-refractivity contribution in [2.45, 2.75) is 32.8 Å². The second kappa shape index (κ2) is 5.73. The maximum Gasteiger partial charge on any atom is 0.176 e. The third-order valence-electron chi connectivity index (χ3n) is 2.68. The average Bonchev–Trinajstić information content (AvgIpc) is 2.36. The molecule has 0 amide bonds. The molecule has 0 fully saturated rings. The summed E-state index contributed by atoms with van der Waals surface area (Å²) in [5.41, 5.74) is 2.87. The molecule has 5 nitrogen and oxygen atoms in total. The number of aromatic nitrogens is 2. The Balaban J connectivity index is 2.27. The molecule has 0 atom stereocenters. The van der Waals surface area contributed by atoms with Gasteiger partial charge < -0.3 is 5.11 Å². The molecule has 2 aromatic rings. The van der Waals surface area contributed by atoms with Crippen molar-refractivity contribution in [1.82, 2.24) is 10.2 Å². The molecular formula is C14H17ClN4O. The van der Waals surface area contributed by atoms with Gasteiger partial charge in [-0.1, -0.05) is 35.9 Å². The van der Waals surface area contributed by atoms with Gasteiger partial charge in [-0.05, 0) is 20.8 Å². The zero-order valence-electron chi connectivity index (χ0n) is 11.7. The van der Waals surface area contributed by atoms with Gasteiger partial charge in [0.1, 0.15) is 0 Å². The van der Waals surface area contributed by atoms with Gasteiger partial charge in [0.05, 0.1) is 5.60 Å². The third-order valence-corrected chi connectivity index (χ3v) is 2.96. The van der Waals surface area contributed by atoms with E-state index in [4.69, 9.17) is 11.6 Å². The number of fused-ring (bicyclic) bond motifs is 1. The molecule has 106 valence electrons. The summed E-state index contributed by atoms with van der Waals surface area (Å²) < 4.78 is 0. The molecule has 1 aromatic heterocycles. The predicted octanol–water partition coefficient (Wildman–Crippen LogP) is 3.23. The van der Waals surface area contributed by atoms with E-state index in [-0.39, 0.29) is 0 Å². The fourth-order valence-electron chi connectivity index (χ4n) is 1.97. The van der Waals surface area contributed by atoms with Crippen LogP contribution < -0.4 is 5.43 Å². The molecule has 0 saturated carbocycles. The molecule has 0 spiro atoms. The second-order valence-corrected chi connectivity index (χ2v) is 5.69. The Morgan fingerprint density at radius 3 is 2.60 bits per heavy atom. The minimum Gasteiger partial charge on any atom is -0.390 e. The van der Waals surface area contributed by atoms with Gasteiger partial charge in [-0.25, -0.2) is 0 Å².